The second-order valence-corrected chi connectivity index (χ2v) is 4.04. The molecule has 5 N–H and O–H groups in total. The van der Waals surface area contributed by atoms with Gasteiger partial charge in [-0.1, -0.05) is 0 Å². The molecule has 0 amide bonds. The second-order valence-electron chi connectivity index (χ2n) is 2.85. The quantitative estimate of drug-likeness (QED) is 0.329. The Kier molecular flexibility index (Phi) is 3.62. The lowest BCUT2D eigenvalue weighted by Crippen LogP contribution is -2.53. The van der Waals surface area contributed by atoms with E-state index in [0.29, 0.717) is 0 Å². The third-order valence-electron chi connectivity index (χ3n) is 1.70. The van der Waals surface area contributed by atoms with Crippen molar-refractivity contribution in [2.75, 3.05) is 6.61 Å². The molecular formula is C5H11O8P. The predicted molar refractivity (Wildman–Crippen MR) is 40.9 cm³/mol. The highest BCUT2D eigenvalue weighted by atomic mass is 31.2. The summed E-state index contributed by atoms with van der Waals surface area (Å²) in [5, 5.41) is 27.2. The number of phosphoric acid groups is 1. The van der Waals surface area contributed by atoms with E-state index in [4.69, 9.17) is 25.1 Å². The molecule has 0 radical (unpaired) electrons. The molecule has 1 saturated heterocycles. The summed E-state index contributed by atoms with van der Waals surface area (Å²) in [5.74, 6) is 0. The zero-order chi connectivity index (χ0) is 10.9. The van der Waals surface area contributed by atoms with Crippen molar-refractivity contribution in [3.05, 3.63) is 0 Å². The smallest absolute Gasteiger partial charge is 0.388 e. The maximum Gasteiger partial charge on any atom is 0.472 e. The molecule has 0 aromatic carbocycles. The zero-order valence-corrected chi connectivity index (χ0v) is 7.82. The number of aliphatic hydroxyl groups excluding tert-OH is 3. The van der Waals surface area contributed by atoms with Crippen LogP contribution in [-0.2, 0) is 13.8 Å². The number of hydrogen-bond donors (Lipinski definition) is 5. The van der Waals surface area contributed by atoms with Gasteiger partial charge in [-0.2, -0.15) is 0 Å². The lowest BCUT2D eigenvalue weighted by molar-refractivity contribution is -0.245. The Bertz CT molecular complexity index is 238. The van der Waals surface area contributed by atoms with Crippen LogP contribution in [0.25, 0.3) is 0 Å². The number of aliphatic hydroxyl groups is 3. The number of ether oxygens (including phenoxy) is 1. The van der Waals surface area contributed by atoms with Crippen LogP contribution in [-0.4, -0.2) is 56.3 Å². The third kappa shape index (κ3) is 2.97. The van der Waals surface area contributed by atoms with Crippen molar-refractivity contribution >= 4 is 7.82 Å². The first kappa shape index (κ1) is 12.0. The van der Waals surface area contributed by atoms with Gasteiger partial charge < -0.3 is 29.8 Å². The molecule has 0 spiro atoms. The summed E-state index contributed by atoms with van der Waals surface area (Å²) in [6.45, 7) is -0.372. The Morgan fingerprint density at radius 1 is 1.21 bits per heavy atom. The molecule has 8 nitrogen and oxygen atoms in total. The maximum absolute atomic E-state index is 10.4. The van der Waals surface area contributed by atoms with Gasteiger partial charge in [0.25, 0.3) is 0 Å². The molecule has 84 valence electrons. The van der Waals surface area contributed by atoms with Crippen LogP contribution in [0, 0.1) is 0 Å². The molecule has 0 aliphatic carbocycles. The van der Waals surface area contributed by atoms with Crippen molar-refractivity contribution in [2.24, 2.45) is 0 Å². The van der Waals surface area contributed by atoms with Crippen LogP contribution < -0.4 is 0 Å². The molecule has 0 aromatic heterocycles. The van der Waals surface area contributed by atoms with Gasteiger partial charge in [0.2, 0.25) is 0 Å². The SMILES string of the molecule is O=P(O)(O)OC1OC[C@H](O)[C@H](O)[C@H]1O. The van der Waals surface area contributed by atoms with Crippen molar-refractivity contribution in [1.29, 1.82) is 0 Å². The summed E-state index contributed by atoms with van der Waals surface area (Å²) in [6.07, 6.45) is -6.21. The lowest BCUT2D eigenvalue weighted by Gasteiger charge is -2.34. The van der Waals surface area contributed by atoms with Crippen LogP contribution in [0.15, 0.2) is 0 Å². The van der Waals surface area contributed by atoms with Crippen LogP contribution >= 0.6 is 7.82 Å². The van der Waals surface area contributed by atoms with Gasteiger partial charge >= 0.3 is 7.82 Å². The Labute approximate surface area is 78.9 Å². The molecule has 14 heavy (non-hydrogen) atoms. The molecule has 1 rings (SSSR count). The van der Waals surface area contributed by atoms with E-state index in [0.717, 1.165) is 0 Å². The van der Waals surface area contributed by atoms with Crippen LogP contribution in [0.4, 0.5) is 0 Å². The molecular weight excluding hydrogens is 219 g/mol. The molecule has 0 bridgehead atoms. The standard InChI is InChI=1S/C5H11O8P/c6-2-1-12-5(4(8)3(2)7)13-14(9,10)11/h2-8H,1H2,(H2,9,10,11)/t2-,3-,4+,5?/m0/s1. The predicted octanol–water partition coefficient (Wildman–Crippen LogP) is -2.47. The summed E-state index contributed by atoms with van der Waals surface area (Å²) in [5.41, 5.74) is 0. The highest BCUT2D eigenvalue weighted by Gasteiger charge is 2.41. The Morgan fingerprint density at radius 3 is 2.29 bits per heavy atom. The fourth-order valence-corrected chi connectivity index (χ4v) is 1.46. The highest BCUT2D eigenvalue weighted by molar-refractivity contribution is 7.46. The van der Waals surface area contributed by atoms with E-state index in [2.05, 4.69) is 9.26 Å². The summed E-state index contributed by atoms with van der Waals surface area (Å²) in [4.78, 5) is 16.8. The van der Waals surface area contributed by atoms with E-state index in [1.165, 1.54) is 0 Å². The summed E-state index contributed by atoms with van der Waals surface area (Å²) >= 11 is 0. The van der Waals surface area contributed by atoms with Crippen molar-refractivity contribution < 1.29 is 38.9 Å². The molecule has 1 heterocycles. The normalized spacial score (nSPS) is 39.8. The first-order valence-corrected chi connectivity index (χ1v) is 5.24. The highest BCUT2D eigenvalue weighted by Crippen LogP contribution is 2.39. The summed E-state index contributed by atoms with van der Waals surface area (Å²) < 4.78 is 19.0. The molecule has 1 unspecified atom stereocenters. The molecule has 4 atom stereocenters. The second kappa shape index (κ2) is 4.21. The van der Waals surface area contributed by atoms with Gasteiger partial charge in [-0.15, -0.1) is 0 Å². The molecule has 0 saturated carbocycles. The van der Waals surface area contributed by atoms with Crippen molar-refractivity contribution in [1.82, 2.24) is 0 Å². The minimum atomic E-state index is -4.80. The third-order valence-corrected chi connectivity index (χ3v) is 2.18. The van der Waals surface area contributed by atoms with Crippen molar-refractivity contribution in [2.45, 2.75) is 24.6 Å². The van der Waals surface area contributed by atoms with E-state index in [-0.39, 0.29) is 6.61 Å². The summed E-state index contributed by atoms with van der Waals surface area (Å²) in [7, 11) is -4.80. The molecule has 9 heteroatoms. The zero-order valence-electron chi connectivity index (χ0n) is 6.92. The first-order valence-electron chi connectivity index (χ1n) is 3.71. The van der Waals surface area contributed by atoms with Gasteiger partial charge in [-0.05, 0) is 0 Å². The van der Waals surface area contributed by atoms with Gasteiger partial charge in [0.05, 0.1) is 6.61 Å². The van der Waals surface area contributed by atoms with Crippen LogP contribution in [0.3, 0.4) is 0 Å². The Hall–Kier alpha value is -0.0500. The fourth-order valence-electron chi connectivity index (χ4n) is 1.01. The van der Waals surface area contributed by atoms with E-state index in [9.17, 15) is 4.57 Å². The number of phosphoric ester groups is 1. The molecule has 0 aromatic rings. The van der Waals surface area contributed by atoms with Gasteiger partial charge in [-0.25, -0.2) is 4.57 Å². The van der Waals surface area contributed by atoms with Crippen molar-refractivity contribution in [3.63, 3.8) is 0 Å². The Morgan fingerprint density at radius 2 is 1.79 bits per heavy atom. The van der Waals surface area contributed by atoms with E-state index >= 15 is 0 Å². The van der Waals surface area contributed by atoms with E-state index in [1.807, 2.05) is 0 Å². The number of hydrogen-bond acceptors (Lipinski definition) is 6. The van der Waals surface area contributed by atoms with E-state index in [1.54, 1.807) is 0 Å². The molecule has 1 fully saturated rings. The Balaban J connectivity index is 2.60. The monoisotopic (exact) mass is 230 g/mol. The maximum atomic E-state index is 10.4. The topological polar surface area (TPSA) is 137 Å². The fraction of sp³-hybridized carbons (Fsp3) is 1.00. The van der Waals surface area contributed by atoms with Gasteiger partial charge in [0.1, 0.15) is 18.3 Å². The van der Waals surface area contributed by atoms with E-state index < -0.39 is 32.4 Å². The number of rotatable bonds is 2. The molecule has 1 aliphatic rings. The van der Waals surface area contributed by atoms with Gasteiger partial charge in [-0.3, -0.25) is 4.52 Å². The van der Waals surface area contributed by atoms with Crippen LogP contribution in [0.5, 0.6) is 0 Å². The van der Waals surface area contributed by atoms with Crippen LogP contribution in [0.2, 0.25) is 0 Å². The lowest BCUT2D eigenvalue weighted by atomic mass is 10.1. The average Bonchev–Trinajstić information content (AvgIpc) is 2.04. The van der Waals surface area contributed by atoms with Gasteiger partial charge in [0.15, 0.2) is 6.29 Å². The minimum Gasteiger partial charge on any atom is -0.388 e. The molecule has 1 aliphatic heterocycles. The van der Waals surface area contributed by atoms with Crippen molar-refractivity contribution in [3.8, 4) is 0 Å². The minimum absolute atomic E-state index is 0.372. The largest absolute Gasteiger partial charge is 0.472 e. The summed E-state index contributed by atoms with van der Waals surface area (Å²) in [6, 6.07) is 0. The first-order chi connectivity index (χ1) is 6.31. The average molecular weight is 230 g/mol. The van der Waals surface area contributed by atoms with Crippen LogP contribution in [0.1, 0.15) is 0 Å². The van der Waals surface area contributed by atoms with Gasteiger partial charge in [0, 0.05) is 0 Å².